The molecule has 0 radical (unpaired) electrons. The second-order valence-electron chi connectivity index (χ2n) is 5.43. The van der Waals surface area contributed by atoms with E-state index in [0.29, 0.717) is 22.3 Å². The number of carboxylic acid groups (broad SMARTS) is 2. The molecule has 4 N–H and O–H groups in total. The molecule has 23 heavy (non-hydrogen) atoms. The van der Waals surface area contributed by atoms with Gasteiger partial charge in [0.15, 0.2) is 0 Å². The number of phenols is 2. The normalized spacial score (nSPS) is 10.5. The lowest BCUT2D eigenvalue weighted by molar-refractivity contribution is 0.0682. The fraction of sp³-hybridized carbons (Fsp3) is 0.176. The molecule has 0 heterocycles. The second-order valence-corrected chi connectivity index (χ2v) is 5.43. The predicted octanol–water partition coefficient (Wildman–Crippen LogP) is 2.70. The van der Waals surface area contributed by atoms with Crippen LogP contribution in [0.15, 0.2) is 24.3 Å². The van der Waals surface area contributed by atoms with Gasteiger partial charge < -0.3 is 20.4 Å². The summed E-state index contributed by atoms with van der Waals surface area (Å²) in [6, 6.07) is 5.90. The van der Waals surface area contributed by atoms with Crippen molar-refractivity contribution in [3.8, 4) is 11.5 Å². The van der Waals surface area contributed by atoms with Crippen molar-refractivity contribution >= 4 is 11.9 Å². The Kier molecular flexibility index (Phi) is 4.27. The van der Waals surface area contributed by atoms with Crippen molar-refractivity contribution < 1.29 is 30.0 Å². The molecule has 0 aliphatic heterocycles. The summed E-state index contributed by atoms with van der Waals surface area (Å²) < 4.78 is 0. The molecular weight excluding hydrogens is 300 g/mol. The zero-order valence-electron chi connectivity index (χ0n) is 12.6. The van der Waals surface area contributed by atoms with E-state index in [1.165, 1.54) is 12.1 Å². The Bertz CT molecular complexity index is 740. The maximum atomic E-state index is 11.2. The van der Waals surface area contributed by atoms with Gasteiger partial charge in [0.1, 0.15) is 22.6 Å². The van der Waals surface area contributed by atoms with Crippen LogP contribution in [0.1, 0.15) is 43.0 Å². The monoisotopic (exact) mass is 316 g/mol. The number of hydrogen-bond donors (Lipinski definition) is 4. The van der Waals surface area contributed by atoms with Crippen LogP contribution in [0.2, 0.25) is 0 Å². The highest BCUT2D eigenvalue weighted by Crippen LogP contribution is 2.32. The minimum atomic E-state index is -1.26. The summed E-state index contributed by atoms with van der Waals surface area (Å²) in [7, 11) is 0. The molecule has 0 fully saturated rings. The van der Waals surface area contributed by atoms with Gasteiger partial charge in [0, 0.05) is 6.42 Å². The lowest BCUT2D eigenvalue weighted by Crippen LogP contribution is -2.03. The van der Waals surface area contributed by atoms with E-state index in [2.05, 4.69) is 0 Å². The molecule has 120 valence electrons. The van der Waals surface area contributed by atoms with Crippen molar-refractivity contribution in [3.63, 3.8) is 0 Å². The molecule has 0 saturated carbocycles. The Morgan fingerprint density at radius 3 is 1.43 bits per heavy atom. The number of rotatable bonds is 4. The Morgan fingerprint density at radius 2 is 1.13 bits per heavy atom. The van der Waals surface area contributed by atoms with Crippen LogP contribution in [0.5, 0.6) is 11.5 Å². The van der Waals surface area contributed by atoms with Crippen LogP contribution in [0.25, 0.3) is 0 Å². The fourth-order valence-electron chi connectivity index (χ4n) is 2.51. The number of benzene rings is 2. The molecule has 0 amide bonds. The lowest BCUT2D eigenvalue weighted by Gasteiger charge is -2.12. The fourth-order valence-corrected chi connectivity index (χ4v) is 2.51. The molecule has 0 aliphatic carbocycles. The van der Waals surface area contributed by atoms with Gasteiger partial charge in [-0.2, -0.15) is 0 Å². The smallest absolute Gasteiger partial charge is 0.339 e. The summed E-state index contributed by atoms with van der Waals surface area (Å²) in [6.45, 7) is 3.38. The van der Waals surface area contributed by atoms with Crippen LogP contribution in [0.4, 0.5) is 0 Å². The molecule has 6 heteroatoms. The van der Waals surface area contributed by atoms with Crippen LogP contribution in [0, 0.1) is 13.8 Å². The molecule has 0 saturated heterocycles. The van der Waals surface area contributed by atoms with Crippen LogP contribution in [-0.2, 0) is 6.42 Å². The zero-order valence-corrected chi connectivity index (χ0v) is 12.6. The van der Waals surface area contributed by atoms with E-state index < -0.39 is 11.9 Å². The number of aryl methyl sites for hydroxylation is 2. The maximum Gasteiger partial charge on any atom is 0.339 e. The van der Waals surface area contributed by atoms with Gasteiger partial charge in [0.05, 0.1) is 0 Å². The molecular formula is C17H16O6. The Labute approximate surface area is 132 Å². The highest BCUT2D eigenvalue weighted by atomic mass is 16.4. The summed E-state index contributed by atoms with van der Waals surface area (Å²) in [5.74, 6) is -3.29. The average molecular weight is 316 g/mol. The van der Waals surface area contributed by atoms with Gasteiger partial charge in [-0.15, -0.1) is 0 Å². The van der Waals surface area contributed by atoms with Crippen molar-refractivity contribution in [2.75, 3.05) is 0 Å². The van der Waals surface area contributed by atoms with Crippen LogP contribution < -0.4 is 0 Å². The molecule has 0 bridgehead atoms. The minimum absolute atomic E-state index is 0.0155. The van der Waals surface area contributed by atoms with Crippen molar-refractivity contribution in [1.29, 1.82) is 0 Å². The van der Waals surface area contributed by atoms with E-state index in [9.17, 15) is 19.8 Å². The van der Waals surface area contributed by atoms with Gasteiger partial charge in [-0.25, -0.2) is 9.59 Å². The van der Waals surface area contributed by atoms with E-state index in [1.54, 1.807) is 26.0 Å². The predicted molar refractivity (Wildman–Crippen MR) is 82.4 cm³/mol. The van der Waals surface area contributed by atoms with Crippen molar-refractivity contribution in [3.05, 3.63) is 57.6 Å². The Hall–Kier alpha value is -3.02. The average Bonchev–Trinajstić information content (AvgIpc) is 2.45. The number of hydrogen-bond acceptors (Lipinski definition) is 4. The van der Waals surface area contributed by atoms with Crippen molar-refractivity contribution in [2.24, 2.45) is 0 Å². The minimum Gasteiger partial charge on any atom is -0.507 e. The second kappa shape index (κ2) is 6.00. The molecule has 2 rings (SSSR count). The van der Waals surface area contributed by atoms with Crippen molar-refractivity contribution in [2.45, 2.75) is 20.3 Å². The van der Waals surface area contributed by atoms with Gasteiger partial charge in [-0.3, -0.25) is 0 Å². The SMILES string of the molecule is Cc1cc(Cc2cc(C)cc(C(=O)O)c2O)c(O)c(C(=O)O)c1. The van der Waals surface area contributed by atoms with Gasteiger partial charge >= 0.3 is 11.9 Å². The number of carboxylic acids is 2. The van der Waals surface area contributed by atoms with Crippen LogP contribution in [-0.4, -0.2) is 32.4 Å². The molecule has 2 aromatic carbocycles. The number of carbonyl (C=O) groups is 2. The van der Waals surface area contributed by atoms with Gasteiger partial charge in [0.25, 0.3) is 0 Å². The third-order valence-corrected chi connectivity index (χ3v) is 3.51. The van der Waals surface area contributed by atoms with E-state index in [4.69, 9.17) is 10.2 Å². The van der Waals surface area contributed by atoms with Gasteiger partial charge in [-0.05, 0) is 48.2 Å². The van der Waals surface area contributed by atoms with Gasteiger partial charge in [0.2, 0.25) is 0 Å². The summed E-state index contributed by atoms with van der Waals surface area (Å²) >= 11 is 0. The number of aromatic carboxylic acids is 2. The highest BCUT2D eigenvalue weighted by molar-refractivity contribution is 5.92. The number of aromatic hydroxyl groups is 2. The largest absolute Gasteiger partial charge is 0.507 e. The zero-order chi connectivity index (χ0) is 17.3. The standard InChI is InChI=1S/C17H16O6/c1-8-3-10(14(18)12(5-8)16(20)21)7-11-4-9(2)6-13(15(11)19)17(22)23/h3-6,18-19H,7H2,1-2H3,(H,20,21)(H,22,23). The summed E-state index contributed by atoms with van der Waals surface area (Å²) in [4.78, 5) is 22.3. The van der Waals surface area contributed by atoms with E-state index in [1.807, 2.05) is 0 Å². The van der Waals surface area contributed by atoms with E-state index in [-0.39, 0.29) is 29.0 Å². The highest BCUT2D eigenvalue weighted by Gasteiger charge is 2.19. The molecule has 0 aromatic heterocycles. The Morgan fingerprint density at radius 1 is 0.783 bits per heavy atom. The molecule has 0 unspecified atom stereocenters. The lowest BCUT2D eigenvalue weighted by atomic mass is 9.95. The topological polar surface area (TPSA) is 115 Å². The maximum absolute atomic E-state index is 11.2. The Balaban J connectivity index is 2.56. The molecule has 2 aromatic rings. The van der Waals surface area contributed by atoms with E-state index >= 15 is 0 Å². The first kappa shape index (κ1) is 16.4. The first-order valence-corrected chi connectivity index (χ1v) is 6.82. The molecule has 6 nitrogen and oxygen atoms in total. The van der Waals surface area contributed by atoms with Crippen LogP contribution >= 0.6 is 0 Å². The molecule has 0 spiro atoms. The summed E-state index contributed by atoms with van der Waals surface area (Å²) in [5, 5.41) is 38.4. The first-order valence-electron chi connectivity index (χ1n) is 6.82. The summed E-state index contributed by atoms with van der Waals surface area (Å²) in [6.07, 6.45) is 0.0155. The summed E-state index contributed by atoms with van der Waals surface area (Å²) in [5.41, 5.74) is 1.43. The quantitative estimate of drug-likeness (QED) is 0.689. The first-order chi connectivity index (χ1) is 10.7. The van der Waals surface area contributed by atoms with Crippen molar-refractivity contribution in [1.82, 2.24) is 0 Å². The van der Waals surface area contributed by atoms with Crippen LogP contribution in [0.3, 0.4) is 0 Å². The molecule has 0 aliphatic rings. The van der Waals surface area contributed by atoms with Gasteiger partial charge in [-0.1, -0.05) is 12.1 Å². The van der Waals surface area contributed by atoms with E-state index in [0.717, 1.165) is 0 Å². The third-order valence-electron chi connectivity index (χ3n) is 3.51. The third kappa shape index (κ3) is 3.26. The molecule has 0 atom stereocenters.